The fourth-order valence-corrected chi connectivity index (χ4v) is 7.16. The number of aromatic nitrogens is 2. The van der Waals surface area contributed by atoms with E-state index in [4.69, 9.17) is 0 Å². The van der Waals surface area contributed by atoms with Crippen molar-refractivity contribution in [3.05, 3.63) is 35.6 Å². The lowest BCUT2D eigenvalue weighted by atomic mass is 9.49. The van der Waals surface area contributed by atoms with Crippen molar-refractivity contribution in [2.24, 2.45) is 23.2 Å². The molecule has 1 heterocycles. The van der Waals surface area contributed by atoms with Crippen molar-refractivity contribution < 1.29 is 9.18 Å². The van der Waals surface area contributed by atoms with Crippen LogP contribution in [0.1, 0.15) is 44.1 Å². The molecule has 1 N–H and O–H groups in total. The van der Waals surface area contributed by atoms with Gasteiger partial charge in [-0.2, -0.15) is 9.36 Å². The van der Waals surface area contributed by atoms with Crippen molar-refractivity contribution in [1.29, 1.82) is 0 Å². The van der Waals surface area contributed by atoms with Gasteiger partial charge in [0.1, 0.15) is 5.82 Å². The molecule has 0 aliphatic heterocycles. The first-order valence-electron chi connectivity index (χ1n) is 9.60. The number of benzene rings is 1. The number of rotatable bonds is 5. The maximum atomic E-state index is 13.1. The van der Waals surface area contributed by atoms with E-state index in [0.29, 0.717) is 16.0 Å². The maximum Gasteiger partial charge on any atom is 0.232 e. The molecular formula is C20H22FN3OS2. The first-order chi connectivity index (χ1) is 13.1. The minimum Gasteiger partial charge on any atom is -0.300 e. The summed E-state index contributed by atoms with van der Waals surface area (Å²) in [4.78, 5) is 17.5. The molecule has 4 nitrogen and oxygen atoms in total. The van der Waals surface area contributed by atoms with Crippen molar-refractivity contribution in [2.75, 3.05) is 5.32 Å². The van der Waals surface area contributed by atoms with Crippen LogP contribution < -0.4 is 5.32 Å². The van der Waals surface area contributed by atoms with Gasteiger partial charge < -0.3 is 5.32 Å². The Kier molecular flexibility index (Phi) is 4.47. The minimum absolute atomic E-state index is 0.160. The quantitative estimate of drug-likeness (QED) is 0.704. The molecule has 0 spiro atoms. The van der Waals surface area contributed by atoms with E-state index in [2.05, 4.69) is 14.7 Å². The summed E-state index contributed by atoms with van der Waals surface area (Å²) in [5.41, 5.74) is 0.859. The first-order valence-corrected chi connectivity index (χ1v) is 11.4. The number of thioether (sulfide) groups is 1. The van der Waals surface area contributed by atoms with Crippen LogP contribution in [0.5, 0.6) is 0 Å². The first kappa shape index (κ1) is 17.6. The summed E-state index contributed by atoms with van der Waals surface area (Å²) in [5, 5.41) is 4.32. The van der Waals surface area contributed by atoms with Crippen molar-refractivity contribution in [3.8, 4) is 0 Å². The Morgan fingerprint density at radius 2 is 1.78 bits per heavy atom. The number of nitrogens with one attached hydrogen (secondary N) is 1. The van der Waals surface area contributed by atoms with Crippen LogP contribution in [0.25, 0.3) is 0 Å². The van der Waals surface area contributed by atoms with E-state index in [1.807, 2.05) is 0 Å². The van der Waals surface area contributed by atoms with E-state index in [1.165, 1.54) is 54.7 Å². The Labute approximate surface area is 166 Å². The molecule has 4 bridgehead atoms. The molecule has 4 aliphatic rings. The second-order valence-corrected chi connectivity index (χ2v) is 10.1. The van der Waals surface area contributed by atoms with Crippen LogP contribution in [-0.2, 0) is 10.5 Å². The SMILES string of the molecule is O=C(Nc1nc(SCc2ccc(F)cc2)ns1)C12CC3CC(CC(C3)C1)C2. The third-order valence-corrected chi connectivity index (χ3v) is 8.09. The van der Waals surface area contributed by atoms with Gasteiger partial charge in [0.05, 0.1) is 5.41 Å². The van der Waals surface area contributed by atoms with E-state index >= 15 is 0 Å². The van der Waals surface area contributed by atoms with Crippen molar-refractivity contribution in [3.63, 3.8) is 0 Å². The highest BCUT2D eigenvalue weighted by molar-refractivity contribution is 7.98. The van der Waals surface area contributed by atoms with Crippen molar-refractivity contribution in [2.45, 2.75) is 49.4 Å². The number of amides is 1. The van der Waals surface area contributed by atoms with E-state index in [0.717, 1.165) is 42.6 Å². The van der Waals surface area contributed by atoms with Gasteiger partial charge in [-0.3, -0.25) is 4.79 Å². The fraction of sp³-hybridized carbons (Fsp3) is 0.550. The van der Waals surface area contributed by atoms with E-state index < -0.39 is 0 Å². The number of carbonyl (C=O) groups is 1. The summed E-state index contributed by atoms with van der Waals surface area (Å²) in [6.45, 7) is 0. The van der Waals surface area contributed by atoms with Gasteiger partial charge in [-0.15, -0.1) is 0 Å². The minimum atomic E-state index is -0.231. The molecule has 142 valence electrons. The third kappa shape index (κ3) is 3.51. The molecule has 4 fully saturated rings. The Morgan fingerprint density at radius 3 is 2.41 bits per heavy atom. The molecule has 1 amide bonds. The monoisotopic (exact) mass is 403 g/mol. The predicted octanol–water partition coefficient (Wildman–Crippen LogP) is 5.12. The third-order valence-electron chi connectivity index (χ3n) is 6.43. The van der Waals surface area contributed by atoms with E-state index in [-0.39, 0.29) is 17.1 Å². The fourth-order valence-electron chi connectivity index (χ4n) is 5.67. The van der Waals surface area contributed by atoms with Crippen LogP contribution in [-0.4, -0.2) is 15.3 Å². The maximum absolute atomic E-state index is 13.1. The average Bonchev–Trinajstić information content (AvgIpc) is 3.07. The summed E-state index contributed by atoms with van der Waals surface area (Å²) in [5.74, 6) is 2.85. The highest BCUT2D eigenvalue weighted by Crippen LogP contribution is 2.60. The average molecular weight is 404 g/mol. The van der Waals surface area contributed by atoms with Crippen LogP contribution in [0.4, 0.5) is 9.52 Å². The Morgan fingerprint density at radius 1 is 1.15 bits per heavy atom. The van der Waals surface area contributed by atoms with Crippen LogP contribution in [0.2, 0.25) is 0 Å². The summed E-state index contributed by atoms with van der Waals surface area (Å²) >= 11 is 2.75. The Hall–Kier alpha value is -1.47. The topological polar surface area (TPSA) is 54.9 Å². The van der Waals surface area contributed by atoms with Crippen LogP contribution in [0, 0.1) is 29.0 Å². The van der Waals surface area contributed by atoms with Gasteiger partial charge in [0.2, 0.25) is 16.2 Å². The van der Waals surface area contributed by atoms with Gasteiger partial charge in [-0.25, -0.2) is 4.39 Å². The zero-order valence-electron chi connectivity index (χ0n) is 15.0. The number of carbonyl (C=O) groups excluding carboxylic acids is 1. The van der Waals surface area contributed by atoms with Gasteiger partial charge in [0.15, 0.2) is 0 Å². The van der Waals surface area contributed by atoms with Crippen LogP contribution >= 0.6 is 23.3 Å². The van der Waals surface area contributed by atoms with E-state index in [9.17, 15) is 9.18 Å². The molecular weight excluding hydrogens is 381 g/mol. The lowest BCUT2D eigenvalue weighted by Crippen LogP contribution is -2.51. The van der Waals surface area contributed by atoms with Gasteiger partial charge in [0.25, 0.3) is 0 Å². The molecule has 1 aromatic carbocycles. The number of hydrogen-bond donors (Lipinski definition) is 1. The zero-order chi connectivity index (χ0) is 18.4. The molecule has 27 heavy (non-hydrogen) atoms. The van der Waals surface area contributed by atoms with Crippen molar-refractivity contribution in [1.82, 2.24) is 9.36 Å². The van der Waals surface area contributed by atoms with Crippen LogP contribution in [0.3, 0.4) is 0 Å². The zero-order valence-corrected chi connectivity index (χ0v) is 16.6. The molecule has 6 rings (SSSR count). The second-order valence-electron chi connectivity index (χ2n) is 8.45. The molecule has 2 aromatic rings. The normalized spacial score (nSPS) is 31.2. The molecule has 0 unspecified atom stereocenters. The summed E-state index contributed by atoms with van der Waals surface area (Å²) in [6, 6.07) is 6.46. The lowest BCUT2D eigenvalue weighted by molar-refractivity contribution is -0.140. The Bertz CT molecular complexity index is 816. The molecule has 0 radical (unpaired) electrons. The summed E-state index contributed by atoms with van der Waals surface area (Å²) in [7, 11) is 0. The van der Waals surface area contributed by atoms with Gasteiger partial charge >= 0.3 is 0 Å². The number of halogens is 1. The van der Waals surface area contributed by atoms with E-state index in [1.54, 1.807) is 12.1 Å². The largest absolute Gasteiger partial charge is 0.300 e. The van der Waals surface area contributed by atoms with Gasteiger partial charge in [-0.05, 0) is 74.0 Å². The number of hydrogen-bond acceptors (Lipinski definition) is 5. The predicted molar refractivity (Wildman–Crippen MR) is 105 cm³/mol. The Balaban J connectivity index is 1.22. The molecule has 1 aromatic heterocycles. The highest BCUT2D eigenvalue weighted by Gasteiger charge is 2.54. The number of anilines is 1. The highest BCUT2D eigenvalue weighted by atomic mass is 32.2. The van der Waals surface area contributed by atoms with Gasteiger partial charge in [0, 0.05) is 17.3 Å². The molecule has 0 saturated heterocycles. The standard InChI is InChI=1S/C20H22FN3OS2/c21-16-3-1-12(2-4-16)11-26-19-23-18(27-24-19)22-17(25)20-8-13-5-14(9-20)7-15(6-13)10-20/h1-4,13-15H,5-11H2,(H,22,23,24,25). The summed E-state index contributed by atoms with van der Waals surface area (Å²) in [6.07, 6.45) is 7.14. The number of nitrogens with zero attached hydrogens (tertiary/aromatic N) is 2. The van der Waals surface area contributed by atoms with Gasteiger partial charge in [-0.1, -0.05) is 23.9 Å². The molecule has 7 heteroatoms. The molecule has 4 saturated carbocycles. The summed E-state index contributed by atoms with van der Waals surface area (Å²) < 4.78 is 17.3. The van der Waals surface area contributed by atoms with Crippen LogP contribution in [0.15, 0.2) is 29.4 Å². The lowest BCUT2D eigenvalue weighted by Gasteiger charge is -2.55. The smallest absolute Gasteiger partial charge is 0.232 e. The van der Waals surface area contributed by atoms with Crippen molar-refractivity contribution >= 4 is 34.3 Å². The second kappa shape index (κ2) is 6.85. The molecule has 0 atom stereocenters. The molecule has 4 aliphatic carbocycles.